The molecule has 1 heterocycles. The molecule has 0 radical (unpaired) electrons. The fourth-order valence-corrected chi connectivity index (χ4v) is 1.51. The van der Waals surface area contributed by atoms with Gasteiger partial charge in [-0.25, -0.2) is 0 Å². The lowest BCUT2D eigenvalue weighted by molar-refractivity contribution is -0.291. The van der Waals surface area contributed by atoms with E-state index in [1.165, 1.54) is 0 Å². The van der Waals surface area contributed by atoms with Crippen LogP contribution in [0.3, 0.4) is 0 Å². The minimum absolute atomic E-state index is 0.553. The van der Waals surface area contributed by atoms with Crippen molar-refractivity contribution in [2.24, 2.45) is 5.41 Å². The van der Waals surface area contributed by atoms with E-state index in [-0.39, 0.29) is 0 Å². The Morgan fingerprint density at radius 1 is 1.22 bits per heavy atom. The van der Waals surface area contributed by atoms with Gasteiger partial charge in [-0.05, 0) is 20.8 Å². The molecule has 0 bridgehead atoms. The third kappa shape index (κ3) is 3.18. The summed E-state index contributed by atoms with van der Waals surface area (Å²) in [4.78, 5) is 11.7. The molecule has 5 atom stereocenters. The molecule has 0 aliphatic carbocycles. The first-order valence-corrected chi connectivity index (χ1v) is 5.70. The summed E-state index contributed by atoms with van der Waals surface area (Å²) in [6.07, 6.45) is -7.03. The number of esters is 1. The molecule has 0 spiro atoms. The highest BCUT2D eigenvalue weighted by Crippen LogP contribution is 2.25. The molecular weight excluding hydrogens is 244 g/mol. The molecule has 18 heavy (non-hydrogen) atoms. The Morgan fingerprint density at radius 3 is 2.22 bits per heavy atom. The van der Waals surface area contributed by atoms with E-state index in [4.69, 9.17) is 14.6 Å². The molecule has 4 N–H and O–H groups in total. The minimum atomic E-state index is -1.62. The van der Waals surface area contributed by atoms with Crippen molar-refractivity contribution in [1.82, 2.24) is 0 Å². The van der Waals surface area contributed by atoms with E-state index >= 15 is 0 Å². The van der Waals surface area contributed by atoms with Gasteiger partial charge in [0.25, 0.3) is 0 Å². The zero-order chi connectivity index (χ0) is 14.1. The zero-order valence-corrected chi connectivity index (χ0v) is 10.6. The molecule has 0 saturated carbocycles. The number of carbonyl (C=O) groups excluding carboxylic acids is 1. The SMILES string of the molecule is CC(C)(C)C(=O)O[C@H]1[C@H](O)[C@@H](O)[C@H](O)O[C@@H]1CO. The van der Waals surface area contributed by atoms with Gasteiger partial charge in [0.2, 0.25) is 0 Å². The molecule has 1 saturated heterocycles. The average molecular weight is 264 g/mol. The lowest BCUT2D eigenvalue weighted by atomic mass is 9.95. The molecule has 0 aromatic carbocycles. The largest absolute Gasteiger partial charge is 0.456 e. The first kappa shape index (κ1) is 15.3. The van der Waals surface area contributed by atoms with Crippen molar-refractivity contribution in [1.29, 1.82) is 0 Å². The Balaban J connectivity index is 2.80. The van der Waals surface area contributed by atoms with Crippen molar-refractivity contribution < 1.29 is 34.7 Å². The number of carbonyl (C=O) groups is 1. The molecule has 1 rings (SSSR count). The van der Waals surface area contributed by atoms with Crippen LogP contribution in [-0.2, 0) is 14.3 Å². The second-order valence-electron chi connectivity index (χ2n) is 5.35. The molecule has 0 aromatic heterocycles. The molecule has 1 fully saturated rings. The van der Waals surface area contributed by atoms with Crippen LogP contribution in [-0.4, -0.2) is 63.7 Å². The Hall–Kier alpha value is -0.730. The fraction of sp³-hybridized carbons (Fsp3) is 0.909. The van der Waals surface area contributed by atoms with Crippen molar-refractivity contribution in [3.05, 3.63) is 0 Å². The molecule has 0 unspecified atom stereocenters. The normalized spacial score (nSPS) is 37.4. The zero-order valence-electron chi connectivity index (χ0n) is 10.6. The monoisotopic (exact) mass is 264 g/mol. The summed E-state index contributed by atoms with van der Waals surface area (Å²) >= 11 is 0. The molecule has 1 aliphatic rings. The molecule has 7 nitrogen and oxygen atoms in total. The molecule has 7 heteroatoms. The number of ether oxygens (including phenoxy) is 2. The summed E-state index contributed by atoms with van der Waals surface area (Å²) < 4.78 is 9.91. The van der Waals surface area contributed by atoms with E-state index in [9.17, 15) is 20.1 Å². The second kappa shape index (κ2) is 5.50. The number of hydrogen-bond donors (Lipinski definition) is 4. The number of hydrogen-bond acceptors (Lipinski definition) is 7. The summed E-state index contributed by atoms with van der Waals surface area (Å²) in [7, 11) is 0. The number of aliphatic hydroxyl groups is 4. The molecule has 106 valence electrons. The van der Waals surface area contributed by atoms with Gasteiger partial charge in [0, 0.05) is 0 Å². The molecule has 1 aliphatic heterocycles. The van der Waals surface area contributed by atoms with Crippen molar-refractivity contribution in [2.75, 3.05) is 6.61 Å². The van der Waals surface area contributed by atoms with Crippen LogP contribution in [0.4, 0.5) is 0 Å². The van der Waals surface area contributed by atoms with Gasteiger partial charge in [0.05, 0.1) is 12.0 Å². The van der Waals surface area contributed by atoms with Crippen molar-refractivity contribution in [2.45, 2.75) is 51.5 Å². The predicted octanol–water partition coefficient (Wildman–Crippen LogP) is -1.62. The lowest BCUT2D eigenvalue weighted by Crippen LogP contribution is -2.60. The van der Waals surface area contributed by atoms with Gasteiger partial charge in [-0.2, -0.15) is 0 Å². The Morgan fingerprint density at radius 2 is 1.78 bits per heavy atom. The molecule has 0 amide bonds. The summed E-state index contributed by atoms with van der Waals surface area (Å²) in [6, 6.07) is 0. The van der Waals surface area contributed by atoms with Crippen molar-refractivity contribution in [3.8, 4) is 0 Å². The summed E-state index contributed by atoms with van der Waals surface area (Å²) in [5.74, 6) is -0.600. The highest BCUT2D eigenvalue weighted by atomic mass is 16.7. The third-order valence-electron chi connectivity index (χ3n) is 2.69. The Labute approximate surface area is 105 Å². The highest BCUT2D eigenvalue weighted by Gasteiger charge is 2.46. The van der Waals surface area contributed by atoms with Crippen LogP contribution in [0, 0.1) is 5.41 Å². The van der Waals surface area contributed by atoms with Crippen LogP contribution in [0.2, 0.25) is 0 Å². The van der Waals surface area contributed by atoms with Gasteiger partial charge < -0.3 is 29.9 Å². The van der Waals surface area contributed by atoms with Crippen molar-refractivity contribution in [3.63, 3.8) is 0 Å². The smallest absolute Gasteiger partial charge is 0.311 e. The first-order chi connectivity index (χ1) is 8.18. The topological polar surface area (TPSA) is 116 Å². The van der Waals surface area contributed by atoms with Gasteiger partial charge in [0.15, 0.2) is 12.4 Å². The molecule has 0 aromatic rings. The third-order valence-corrected chi connectivity index (χ3v) is 2.69. The van der Waals surface area contributed by atoms with Gasteiger partial charge in [-0.1, -0.05) is 0 Å². The van der Waals surface area contributed by atoms with Crippen LogP contribution in [0.5, 0.6) is 0 Å². The number of aliphatic hydroxyl groups excluding tert-OH is 4. The van der Waals surface area contributed by atoms with E-state index in [0.717, 1.165) is 0 Å². The molecular formula is C11H20O7. The fourth-order valence-electron chi connectivity index (χ4n) is 1.51. The Kier molecular flexibility index (Phi) is 4.68. The maximum absolute atomic E-state index is 11.7. The minimum Gasteiger partial charge on any atom is -0.456 e. The van der Waals surface area contributed by atoms with E-state index < -0.39 is 48.7 Å². The van der Waals surface area contributed by atoms with Crippen LogP contribution in [0.15, 0.2) is 0 Å². The highest BCUT2D eigenvalue weighted by molar-refractivity contribution is 5.75. The van der Waals surface area contributed by atoms with Gasteiger partial charge in [0.1, 0.15) is 18.3 Å². The van der Waals surface area contributed by atoms with Crippen LogP contribution < -0.4 is 0 Å². The maximum Gasteiger partial charge on any atom is 0.311 e. The quantitative estimate of drug-likeness (QED) is 0.443. The summed E-state index contributed by atoms with van der Waals surface area (Å²) in [5, 5.41) is 37.5. The Bertz CT molecular complexity index is 296. The average Bonchev–Trinajstić information content (AvgIpc) is 2.28. The van der Waals surface area contributed by atoms with Crippen molar-refractivity contribution >= 4 is 5.97 Å². The van der Waals surface area contributed by atoms with Gasteiger partial charge in [-0.3, -0.25) is 4.79 Å². The van der Waals surface area contributed by atoms with E-state index in [2.05, 4.69) is 0 Å². The van der Waals surface area contributed by atoms with Crippen LogP contribution >= 0.6 is 0 Å². The number of rotatable bonds is 2. The lowest BCUT2D eigenvalue weighted by Gasteiger charge is -2.40. The van der Waals surface area contributed by atoms with Crippen LogP contribution in [0.1, 0.15) is 20.8 Å². The van der Waals surface area contributed by atoms with Crippen LogP contribution in [0.25, 0.3) is 0 Å². The van der Waals surface area contributed by atoms with Gasteiger partial charge >= 0.3 is 5.97 Å². The summed E-state index contributed by atoms with van der Waals surface area (Å²) in [5.41, 5.74) is -0.791. The maximum atomic E-state index is 11.7. The first-order valence-electron chi connectivity index (χ1n) is 5.70. The standard InChI is InChI=1S/C11H20O7/c1-11(2,3)10(16)18-8-5(4-12)17-9(15)7(14)6(8)13/h5-9,12-15H,4H2,1-3H3/t5-,6-,7-,8-,9-/m1/s1. The second-order valence-corrected chi connectivity index (χ2v) is 5.35. The van der Waals surface area contributed by atoms with Gasteiger partial charge in [-0.15, -0.1) is 0 Å². The van der Waals surface area contributed by atoms with E-state index in [1.54, 1.807) is 20.8 Å². The van der Waals surface area contributed by atoms with E-state index in [1.807, 2.05) is 0 Å². The summed E-state index contributed by atoms with van der Waals surface area (Å²) in [6.45, 7) is 4.34. The van der Waals surface area contributed by atoms with E-state index in [0.29, 0.717) is 0 Å². The predicted molar refractivity (Wildman–Crippen MR) is 59.3 cm³/mol.